The van der Waals surface area contributed by atoms with Crippen molar-refractivity contribution in [3.8, 4) is 6.07 Å². The lowest BCUT2D eigenvalue weighted by atomic mass is 9.97. The Balaban J connectivity index is 1.83. The molecule has 1 aromatic rings. The van der Waals surface area contributed by atoms with Gasteiger partial charge in [-0.3, -0.25) is 10.00 Å². The van der Waals surface area contributed by atoms with Crippen LogP contribution >= 0.6 is 11.6 Å². The maximum Gasteiger partial charge on any atom is 0.104 e. The lowest BCUT2D eigenvalue weighted by molar-refractivity contribution is 0.384. The molecule has 0 saturated heterocycles. The van der Waals surface area contributed by atoms with Crippen LogP contribution in [0.4, 0.5) is 0 Å². The van der Waals surface area contributed by atoms with Gasteiger partial charge in [-0.25, -0.2) is 0 Å². The largest absolute Gasteiger partial charge is 0.297 e. The van der Waals surface area contributed by atoms with Crippen molar-refractivity contribution in [2.45, 2.75) is 57.7 Å². The smallest absolute Gasteiger partial charge is 0.104 e. The van der Waals surface area contributed by atoms with Gasteiger partial charge in [0, 0.05) is 12.6 Å². The molecule has 0 amide bonds. The lowest BCUT2D eigenvalue weighted by Gasteiger charge is -2.23. The van der Waals surface area contributed by atoms with Gasteiger partial charge < -0.3 is 0 Å². The van der Waals surface area contributed by atoms with Gasteiger partial charge in [-0.1, -0.05) is 11.6 Å². The average Bonchev–Trinajstić information content (AvgIpc) is 3.10. The number of aromatic nitrogens is 2. The number of nitriles is 1. The highest BCUT2D eigenvalue weighted by molar-refractivity contribution is 6.31. The van der Waals surface area contributed by atoms with E-state index in [1.54, 1.807) is 6.20 Å². The normalized spacial score (nSPS) is 18.3. The summed E-state index contributed by atoms with van der Waals surface area (Å²) < 4.78 is 1.90. The van der Waals surface area contributed by atoms with Crippen molar-refractivity contribution in [1.82, 2.24) is 15.1 Å². The molecular weight excluding hydrogens is 248 g/mol. The first kappa shape index (κ1) is 13.4. The van der Waals surface area contributed by atoms with Gasteiger partial charge in [0.05, 0.1) is 23.0 Å². The molecule has 4 nitrogen and oxygen atoms in total. The SMILES string of the molecule is Cc1c(Cl)cnn1CCCC(C)(C#N)NC1CC1. The first-order valence-corrected chi connectivity index (χ1v) is 6.79. The topological polar surface area (TPSA) is 53.6 Å². The molecule has 0 aliphatic heterocycles. The summed E-state index contributed by atoms with van der Waals surface area (Å²) in [6.45, 7) is 4.75. The molecule has 1 atom stereocenters. The van der Waals surface area contributed by atoms with E-state index < -0.39 is 5.54 Å². The summed E-state index contributed by atoms with van der Waals surface area (Å²) in [6, 6.07) is 2.94. The minimum absolute atomic E-state index is 0.411. The molecule has 18 heavy (non-hydrogen) atoms. The average molecular weight is 267 g/mol. The molecule has 1 aliphatic rings. The highest BCUT2D eigenvalue weighted by atomic mass is 35.5. The third kappa shape index (κ3) is 3.24. The minimum Gasteiger partial charge on any atom is -0.297 e. The molecule has 1 heterocycles. The summed E-state index contributed by atoms with van der Waals surface area (Å²) in [4.78, 5) is 0. The van der Waals surface area contributed by atoms with Crippen LogP contribution in [0, 0.1) is 18.3 Å². The minimum atomic E-state index is -0.411. The third-order valence-corrected chi connectivity index (χ3v) is 3.81. The predicted octanol–water partition coefficient (Wildman–Crippen LogP) is 2.66. The van der Waals surface area contributed by atoms with Crippen LogP contribution in [-0.4, -0.2) is 21.4 Å². The molecule has 0 radical (unpaired) electrons. The van der Waals surface area contributed by atoms with Gasteiger partial charge >= 0.3 is 0 Å². The van der Waals surface area contributed by atoms with E-state index in [-0.39, 0.29) is 0 Å². The van der Waals surface area contributed by atoms with Gasteiger partial charge in [0.15, 0.2) is 0 Å². The van der Waals surface area contributed by atoms with Crippen molar-refractivity contribution in [3.05, 3.63) is 16.9 Å². The second-order valence-electron chi connectivity index (χ2n) is 5.27. The maximum atomic E-state index is 9.26. The number of hydrogen-bond acceptors (Lipinski definition) is 3. The van der Waals surface area contributed by atoms with Gasteiger partial charge in [-0.15, -0.1) is 0 Å². The van der Waals surface area contributed by atoms with E-state index in [2.05, 4.69) is 16.5 Å². The van der Waals surface area contributed by atoms with Crippen molar-refractivity contribution in [2.24, 2.45) is 0 Å². The van der Waals surface area contributed by atoms with Crippen molar-refractivity contribution < 1.29 is 0 Å². The van der Waals surface area contributed by atoms with Crippen molar-refractivity contribution in [3.63, 3.8) is 0 Å². The number of nitrogens with zero attached hydrogens (tertiary/aromatic N) is 3. The van der Waals surface area contributed by atoms with Gasteiger partial charge in [0.2, 0.25) is 0 Å². The molecule has 2 rings (SSSR count). The molecule has 1 fully saturated rings. The van der Waals surface area contributed by atoms with Crippen molar-refractivity contribution >= 4 is 11.6 Å². The highest BCUT2D eigenvalue weighted by Crippen LogP contribution is 2.24. The van der Waals surface area contributed by atoms with E-state index in [1.807, 2.05) is 18.5 Å². The molecule has 1 unspecified atom stereocenters. The highest BCUT2D eigenvalue weighted by Gasteiger charge is 2.31. The van der Waals surface area contributed by atoms with Crippen LogP contribution in [0.25, 0.3) is 0 Å². The standard InChI is InChI=1S/C13H19ClN4/c1-10-12(14)8-16-18(10)7-3-6-13(2,9-15)17-11-4-5-11/h8,11,17H,3-7H2,1-2H3. The first-order chi connectivity index (χ1) is 8.54. The van der Waals surface area contributed by atoms with Crippen molar-refractivity contribution in [2.75, 3.05) is 0 Å². The van der Waals surface area contributed by atoms with Crippen LogP contribution in [0.3, 0.4) is 0 Å². The molecule has 1 aromatic heterocycles. The van der Waals surface area contributed by atoms with E-state index in [9.17, 15) is 5.26 Å². The second kappa shape index (κ2) is 5.29. The summed E-state index contributed by atoms with van der Waals surface area (Å²) in [5.74, 6) is 0. The maximum absolute atomic E-state index is 9.26. The Hall–Kier alpha value is -1.05. The van der Waals surface area contributed by atoms with E-state index >= 15 is 0 Å². The van der Waals surface area contributed by atoms with E-state index in [0.29, 0.717) is 11.1 Å². The molecule has 5 heteroatoms. The number of aryl methyl sites for hydroxylation is 1. The number of nitrogens with one attached hydrogen (secondary N) is 1. The Kier molecular flexibility index (Phi) is 3.94. The summed E-state index contributed by atoms with van der Waals surface area (Å²) in [7, 11) is 0. The predicted molar refractivity (Wildman–Crippen MR) is 71.4 cm³/mol. The number of halogens is 1. The number of hydrogen-bond donors (Lipinski definition) is 1. The summed E-state index contributed by atoms with van der Waals surface area (Å²) in [6.07, 6.45) is 5.82. The Labute approximate surface area is 113 Å². The van der Waals surface area contributed by atoms with Crippen LogP contribution in [-0.2, 0) is 6.54 Å². The molecule has 0 spiro atoms. The Bertz CT molecular complexity index is 458. The molecule has 1 N–H and O–H groups in total. The lowest BCUT2D eigenvalue weighted by Crippen LogP contribution is -2.42. The van der Waals surface area contributed by atoms with Crippen LogP contribution in [0.1, 0.15) is 38.3 Å². The van der Waals surface area contributed by atoms with Crippen molar-refractivity contribution in [1.29, 1.82) is 5.26 Å². The van der Waals surface area contributed by atoms with Gasteiger partial charge in [-0.2, -0.15) is 10.4 Å². The summed E-state index contributed by atoms with van der Waals surface area (Å²) in [5, 5.41) is 17.6. The fraction of sp³-hybridized carbons (Fsp3) is 0.692. The van der Waals surface area contributed by atoms with Crippen LogP contribution in [0.5, 0.6) is 0 Å². The van der Waals surface area contributed by atoms with Crippen LogP contribution in [0.15, 0.2) is 6.20 Å². The molecule has 1 aliphatic carbocycles. The zero-order valence-electron chi connectivity index (χ0n) is 10.9. The summed E-state index contributed by atoms with van der Waals surface area (Å²) in [5.41, 5.74) is 0.580. The fourth-order valence-corrected chi connectivity index (χ4v) is 2.21. The Morgan fingerprint density at radius 2 is 2.39 bits per heavy atom. The van der Waals surface area contributed by atoms with Gasteiger partial charge in [0.1, 0.15) is 5.54 Å². The Morgan fingerprint density at radius 3 is 2.89 bits per heavy atom. The van der Waals surface area contributed by atoms with E-state index in [4.69, 9.17) is 11.6 Å². The third-order valence-electron chi connectivity index (χ3n) is 3.44. The monoisotopic (exact) mass is 266 g/mol. The van der Waals surface area contributed by atoms with E-state index in [1.165, 1.54) is 12.8 Å². The van der Waals surface area contributed by atoms with Gasteiger partial charge in [-0.05, 0) is 39.5 Å². The number of rotatable bonds is 6. The molecule has 0 aromatic carbocycles. The first-order valence-electron chi connectivity index (χ1n) is 6.41. The van der Waals surface area contributed by atoms with Gasteiger partial charge in [0.25, 0.3) is 0 Å². The molecule has 1 saturated carbocycles. The van der Waals surface area contributed by atoms with Crippen LogP contribution < -0.4 is 5.32 Å². The summed E-state index contributed by atoms with van der Waals surface area (Å²) >= 11 is 5.95. The quantitative estimate of drug-likeness (QED) is 0.861. The van der Waals surface area contributed by atoms with Crippen LogP contribution in [0.2, 0.25) is 5.02 Å². The zero-order chi connectivity index (χ0) is 13.2. The molecule has 0 bridgehead atoms. The second-order valence-corrected chi connectivity index (χ2v) is 5.67. The van der Waals surface area contributed by atoms with E-state index in [0.717, 1.165) is 25.1 Å². The fourth-order valence-electron chi connectivity index (χ4n) is 2.07. The zero-order valence-corrected chi connectivity index (χ0v) is 11.7. The Morgan fingerprint density at radius 1 is 1.67 bits per heavy atom. The molecule has 98 valence electrons. The molecular formula is C13H19ClN4.